The highest BCUT2D eigenvalue weighted by molar-refractivity contribution is 7.92. The fraction of sp³-hybridized carbons (Fsp3) is 1.00. The molecule has 1 aliphatic heterocycles. The van der Waals surface area contributed by atoms with Crippen LogP contribution in [0.2, 0.25) is 0 Å². The minimum absolute atomic E-state index is 0.277. The first kappa shape index (κ1) is 9.95. The second-order valence-electron chi connectivity index (χ2n) is 3.00. The zero-order valence-electron chi connectivity index (χ0n) is 7.25. The Morgan fingerprint density at radius 2 is 2.25 bits per heavy atom. The maximum atomic E-state index is 11.4. The van der Waals surface area contributed by atoms with Gasteiger partial charge in [-0.2, -0.15) is 0 Å². The van der Waals surface area contributed by atoms with E-state index in [1.165, 1.54) is 0 Å². The van der Waals surface area contributed by atoms with Crippen molar-refractivity contribution in [2.45, 2.75) is 24.5 Å². The minimum atomic E-state index is -2.86. The van der Waals surface area contributed by atoms with Gasteiger partial charge in [-0.3, -0.25) is 0 Å². The van der Waals surface area contributed by atoms with Crippen LogP contribution in [0.25, 0.3) is 0 Å². The van der Waals surface area contributed by atoms with Gasteiger partial charge in [-0.05, 0) is 12.8 Å². The summed E-state index contributed by atoms with van der Waals surface area (Å²) in [6.07, 6.45) is 2.54. The van der Waals surface area contributed by atoms with Crippen molar-refractivity contribution in [2.75, 3.05) is 19.4 Å². The van der Waals surface area contributed by atoms with Crippen molar-refractivity contribution in [3.63, 3.8) is 0 Å². The first-order valence-corrected chi connectivity index (χ1v) is 5.88. The van der Waals surface area contributed by atoms with Gasteiger partial charge < -0.3 is 4.84 Å². The number of hydrogen-bond donors (Lipinski definition) is 1. The molecule has 0 bridgehead atoms. The molecule has 12 heavy (non-hydrogen) atoms. The molecule has 0 aromatic carbocycles. The van der Waals surface area contributed by atoms with Gasteiger partial charge in [-0.1, -0.05) is 6.42 Å². The summed E-state index contributed by atoms with van der Waals surface area (Å²) in [5.74, 6) is 0.324. The van der Waals surface area contributed by atoms with Crippen molar-refractivity contribution >= 4 is 9.84 Å². The third kappa shape index (κ3) is 2.43. The summed E-state index contributed by atoms with van der Waals surface area (Å²) < 4.78 is 22.8. The van der Waals surface area contributed by atoms with E-state index < -0.39 is 9.84 Å². The van der Waals surface area contributed by atoms with Gasteiger partial charge in [0.25, 0.3) is 0 Å². The van der Waals surface area contributed by atoms with E-state index in [-0.39, 0.29) is 11.9 Å². The summed E-state index contributed by atoms with van der Waals surface area (Å²) in [4.78, 5) is 4.88. The summed E-state index contributed by atoms with van der Waals surface area (Å²) >= 11 is 0. The van der Waals surface area contributed by atoms with Gasteiger partial charge in [-0.25, -0.2) is 13.9 Å². The van der Waals surface area contributed by atoms with Crippen molar-refractivity contribution in [1.82, 2.24) is 5.48 Å². The molecule has 1 N–H and O–H groups in total. The van der Waals surface area contributed by atoms with Crippen LogP contribution in [-0.2, 0) is 14.7 Å². The van der Waals surface area contributed by atoms with Gasteiger partial charge in [0.05, 0.1) is 17.6 Å². The maximum Gasteiger partial charge on any atom is 0.155 e. The molecule has 1 atom stereocenters. The van der Waals surface area contributed by atoms with Gasteiger partial charge in [0.2, 0.25) is 0 Å². The standard InChI is InChI=1S/C7H15NO3S/c1-8-11-6-7-4-2-3-5-12(7,9)10/h7-8H,2-6H2,1H3. The molecule has 0 aromatic rings. The quantitative estimate of drug-likeness (QED) is 0.646. The molecule has 0 radical (unpaired) electrons. The molecule has 0 saturated carbocycles. The third-order valence-electron chi connectivity index (χ3n) is 2.13. The number of hydroxylamine groups is 1. The summed E-state index contributed by atoms with van der Waals surface area (Å²) in [5, 5.41) is -0.293. The van der Waals surface area contributed by atoms with Crippen LogP contribution >= 0.6 is 0 Å². The highest BCUT2D eigenvalue weighted by Gasteiger charge is 2.28. The highest BCUT2D eigenvalue weighted by atomic mass is 32.2. The van der Waals surface area contributed by atoms with Crippen molar-refractivity contribution in [1.29, 1.82) is 0 Å². The second-order valence-corrected chi connectivity index (χ2v) is 5.40. The fourth-order valence-electron chi connectivity index (χ4n) is 1.38. The van der Waals surface area contributed by atoms with Gasteiger partial charge >= 0.3 is 0 Å². The molecule has 1 aliphatic rings. The predicted octanol–water partition coefficient (Wildman–Crippen LogP) is 0.105. The average molecular weight is 193 g/mol. The summed E-state index contributed by atoms with van der Waals surface area (Å²) in [6.45, 7) is 0.277. The molecule has 0 spiro atoms. The minimum Gasteiger partial charge on any atom is -0.301 e. The topological polar surface area (TPSA) is 55.4 Å². The maximum absolute atomic E-state index is 11.4. The lowest BCUT2D eigenvalue weighted by molar-refractivity contribution is 0.0560. The fourth-order valence-corrected chi connectivity index (χ4v) is 3.13. The number of sulfone groups is 1. The Hall–Kier alpha value is -0.130. The third-order valence-corrected chi connectivity index (χ3v) is 4.37. The first-order valence-electron chi connectivity index (χ1n) is 4.17. The lowest BCUT2D eigenvalue weighted by atomic mass is 10.2. The molecular weight excluding hydrogens is 178 g/mol. The smallest absolute Gasteiger partial charge is 0.155 e. The van der Waals surface area contributed by atoms with Gasteiger partial charge in [-0.15, -0.1) is 0 Å². The molecule has 1 fully saturated rings. The summed E-state index contributed by atoms with van der Waals surface area (Å²) in [5.41, 5.74) is 2.49. The van der Waals surface area contributed by atoms with Crippen LogP contribution in [0, 0.1) is 0 Å². The largest absolute Gasteiger partial charge is 0.301 e. The van der Waals surface area contributed by atoms with Crippen LogP contribution in [0.1, 0.15) is 19.3 Å². The van der Waals surface area contributed by atoms with Crippen LogP contribution in [0.3, 0.4) is 0 Å². The molecule has 1 rings (SSSR count). The van der Waals surface area contributed by atoms with Crippen molar-refractivity contribution < 1.29 is 13.3 Å². The highest BCUT2D eigenvalue weighted by Crippen LogP contribution is 2.19. The zero-order valence-corrected chi connectivity index (χ0v) is 8.06. The van der Waals surface area contributed by atoms with E-state index in [1.54, 1.807) is 7.05 Å². The van der Waals surface area contributed by atoms with Crippen LogP contribution < -0.4 is 5.48 Å². The molecule has 0 aromatic heterocycles. The second kappa shape index (κ2) is 4.20. The van der Waals surface area contributed by atoms with E-state index in [9.17, 15) is 8.42 Å². The molecule has 0 aliphatic carbocycles. The van der Waals surface area contributed by atoms with Crippen LogP contribution in [-0.4, -0.2) is 33.1 Å². The molecule has 4 nitrogen and oxygen atoms in total. The van der Waals surface area contributed by atoms with Gasteiger partial charge in [0.1, 0.15) is 0 Å². The van der Waals surface area contributed by atoms with Crippen molar-refractivity contribution in [2.24, 2.45) is 0 Å². The Kier molecular flexibility index (Phi) is 3.49. The first-order chi connectivity index (χ1) is 5.67. The normalized spacial score (nSPS) is 28.6. The van der Waals surface area contributed by atoms with E-state index in [0.29, 0.717) is 5.75 Å². The van der Waals surface area contributed by atoms with E-state index in [2.05, 4.69) is 5.48 Å². The van der Waals surface area contributed by atoms with Crippen molar-refractivity contribution in [3.05, 3.63) is 0 Å². The van der Waals surface area contributed by atoms with E-state index in [4.69, 9.17) is 4.84 Å². The number of hydrogen-bond acceptors (Lipinski definition) is 4. The Morgan fingerprint density at radius 1 is 1.50 bits per heavy atom. The molecule has 72 valence electrons. The lowest BCUT2D eigenvalue weighted by Crippen LogP contribution is -2.33. The molecule has 0 amide bonds. The van der Waals surface area contributed by atoms with Crippen LogP contribution in [0.5, 0.6) is 0 Å². The van der Waals surface area contributed by atoms with E-state index in [1.807, 2.05) is 0 Å². The van der Waals surface area contributed by atoms with Gasteiger partial charge in [0, 0.05) is 7.05 Å². The average Bonchev–Trinajstić information content (AvgIpc) is 2.02. The zero-order chi connectivity index (χ0) is 9.03. The Bertz CT molecular complexity index is 225. The molecule has 1 unspecified atom stereocenters. The summed E-state index contributed by atoms with van der Waals surface area (Å²) in [6, 6.07) is 0. The Morgan fingerprint density at radius 3 is 2.83 bits per heavy atom. The Balaban J connectivity index is 2.49. The molecule has 5 heteroatoms. The lowest BCUT2D eigenvalue weighted by Gasteiger charge is -2.21. The SMILES string of the molecule is CNOCC1CCCCS1(=O)=O. The number of rotatable bonds is 3. The van der Waals surface area contributed by atoms with E-state index in [0.717, 1.165) is 19.3 Å². The number of nitrogens with one attached hydrogen (secondary N) is 1. The van der Waals surface area contributed by atoms with Crippen molar-refractivity contribution in [3.8, 4) is 0 Å². The molecular formula is C7H15NO3S. The summed E-state index contributed by atoms with van der Waals surface area (Å²) in [7, 11) is -1.23. The Labute approximate surface area is 73.2 Å². The van der Waals surface area contributed by atoms with Gasteiger partial charge in [0.15, 0.2) is 9.84 Å². The van der Waals surface area contributed by atoms with Crippen LogP contribution in [0.15, 0.2) is 0 Å². The van der Waals surface area contributed by atoms with Crippen LogP contribution in [0.4, 0.5) is 0 Å². The molecule has 1 heterocycles. The molecule has 1 saturated heterocycles. The monoisotopic (exact) mass is 193 g/mol. The van der Waals surface area contributed by atoms with E-state index >= 15 is 0 Å². The predicted molar refractivity (Wildman–Crippen MR) is 46.4 cm³/mol.